The summed E-state index contributed by atoms with van der Waals surface area (Å²) in [6, 6.07) is 13.1. The molecule has 8 nitrogen and oxygen atoms in total. The highest BCUT2D eigenvalue weighted by Gasteiger charge is 2.14. The lowest BCUT2D eigenvalue weighted by molar-refractivity contribution is 0.0996. The van der Waals surface area contributed by atoms with Gasteiger partial charge in [-0.05, 0) is 42.0 Å². The van der Waals surface area contributed by atoms with Crippen molar-refractivity contribution < 1.29 is 9.53 Å². The summed E-state index contributed by atoms with van der Waals surface area (Å²) in [5.74, 6) is 0.0698. The molecule has 0 radical (unpaired) electrons. The summed E-state index contributed by atoms with van der Waals surface area (Å²) < 4.78 is 14.2. The van der Waals surface area contributed by atoms with E-state index < -0.39 is 5.91 Å². The molecule has 2 heterocycles. The van der Waals surface area contributed by atoms with Crippen LogP contribution < -0.4 is 10.5 Å². The maximum Gasteiger partial charge on any atom is 0.271 e. The van der Waals surface area contributed by atoms with E-state index >= 15 is 0 Å². The normalized spacial score (nSPS) is 10.9. The Morgan fingerprint density at radius 3 is 2.68 bits per heavy atom. The average molecular weight is 352 g/mol. The van der Waals surface area contributed by atoms with Gasteiger partial charge in [0.25, 0.3) is 5.91 Å². The summed E-state index contributed by atoms with van der Waals surface area (Å²) in [7, 11) is 0. The third kappa shape index (κ3) is 3.04. The summed E-state index contributed by atoms with van der Waals surface area (Å²) >= 11 is 1.19. The van der Waals surface area contributed by atoms with Gasteiger partial charge in [0.1, 0.15) is 29.1 Å². The molecule has 124 valence electrons. The second-order valence-electron chi connectivity index (χ2n) is 5.29. The molecule has 3 N–H and O–H groups in total. The Balaban J connectivity index is 1.48. The van der Waals surface area contributed by atoms with Gasteiger partial charge >= 0.3 is 0 Å². The molecule has 0 unspecified atom stereocenters. The van der Waals surface area contributed by atoms with Gasteiger partial charge in [0.05, 0.1) is 11.7 Å². The van der Waals surface area contributed by atoms with Gasteiger partial charge in [0, 0.05) is 5.56 Å². The van der Waals surface area contributed by atoms with Crippen molar-refractivity contribution in [3.8, 4) is 17.0 Å². The van der Waals surface area contributed by atoms with Crippen LogP contribution in [0.25, 0.3) is 22.3 Å². The highest BCUT2D eigenvalue weighted by Crippen LogP contribution is 2.23. The fraction of sp³-hybridized carbons (Fsp3) is 0.0625. The van der Waals surface area contributed by atoms with Gasteiger partial charge in [-0.15, -0.1) is 0 Å². The van der Waals surface area contributed by atoms with Crippen LogP contribution in [0.4, 0.5) is 0 Å². The molecule has 0 aliphatic heterocycles. The molecule has 0 saturated heterocycles. The van der Waals surface area contributed by atoms with Gasteiger partial charge in [-0.25, -0.2) is 0 Å². The van der Waals surface area contributed by atoms with Gasteiger partial charge in [0.15, 0.2) is 5.69 Å². The molecule has 0 saturated carbocycles. The van der Waals surface area contributed by atoms with Crippen LogP contribution in [0.1, 0.15) is 16.1 Å². The number of nitrogens with zero attached hydrogens (tertiary/aromatic N) is 4. The lowest BCUT2D eigenvalue weighted by atomic mass is 10.1. The number of nitrogens with one attached hydrogen (secondary N) is 1. The van der Waals surface area contributed by atoms with Crippen LogP contribution in [0.5, 0.6) is 5.75 Å². The lowest BCUT2D eigenvalue weighted by Crippen LogP contribution is -2.12. The number of hydrogen-bond donors (Lipinski definition) is 2. The van der Waals surface area contributed by atoms with Crippen LogP contribution in [0.15, 0.2) is 42.5 Å². The van der Waals surface area contributed by atoms with Crippen LogP contribution in [0, 0.1) is 0 Å². The number of hydrogen-bond acceptors (Lipinski definition) is 7. The number of fused-ring (bicyclic) bond motifs is 1. The number of amides is 1. The Morgan fingerprint density at radius 1 is 1.08 bits per heavy atom. The minimum Gasteiger partial charge on any atom is -0.489 e. The zero-order valence-electron chi connectivity index (χ0n) is 12.8. The molecule has 25 heavy (non-hydrogen) atoms. The first-order chi connectivity index (χ1) is 12.2. The van der Waals surface area contributed by atoms with E-state index in [9.17, 15) is 4.79 Å². The van der Waals surface area contributed by atoms with Gasteiger partial charge in [0.2, 0.25) is 0 Å². The molecule has 1 amide bonds. The average Bonchev–Trinajstić information content (AvgIpc) is 3.29. The molecule has 0 atom stereocenters. The molecule has 0 spiro atoms. The predicted molar refractivity (Wildman–Crippen MR) is 92.1 cm³/mol. The lowest BCUT2D eigenvalue weighted by Gasteiger charge is -2.07. The largest absolute Gasteiger partial charge is 0.489 e. The number of ether oxygens (including phenoxy) is 1. The second kappa shape index (κ2) is 6.29. The second-order valence-corrected chi connectivity index (χ2v) is 5.81. The molecule has 2 aromatic heterocycles. The van der Waals surface area contributed by atoms with Crippen LogP contribution in [-0.2, 0) is 6.61 Å². The van der Waals surface area contributed by atoms with Gasteiger partial charge in [-0.1, -0.05) is 6.07 Å². The smallest absolute Gasteiger partial charge is 0.271 e. The Kier molecular flexibility index (Phi) is 3.82. The van der Waals surface area contributed by atoms with Crippen LogP contribution >= 0.6 is 11.7 Å². The molecule has 0 aliphatic rings. The van der Waals surface area contributed by atoms with E-state index in [0.717, 1.165) is 22.2 Å². The van der Waals surface area contributed by atoms with Crippen LogP contribution in [0.3, 0.4) is 0 Å². The number of H-pyrrole nitrogens is 1. The third-order valence-electron chi connectivity index (χ3n) is 3.63. The van der Waals surface area contributed by atoms with Gasteiger partial charge in [-0.3, -0.25) is 4.79 Å². The standard InChI is InChI=1S/C16H12N6O2S/c17-16(23)15-14(18-22-19-15)10-2-4-11(5-3-10)24-8-9-1-6-12-13(7-9)21-25-20-12/h1-7H,8H2,(H2,17,23)(H,18,19,22). The third-order valence-corrected chi connectivity index (χ3v) is 4.19. The maximum atomic E-state index is 11.3. The topological polar surface area (TPSA) is 120 Å². The molecule has 0 aliphatic carbocycles. The zero-order chi connectivity index (χ0) is 17.2. The molecule has 4 rings (SSSR count). The Labute approximate surface area is 146 Å². The molecule has 2 aromatic carbocycles. The van der Waals surface area contributed by atoms with E-state index in [4.69, 9.17) is 10.5 Å². The minimum absolute atomic E-state index is 0.110. The zero-order valence-corrected chi connectivity index (χ0v) is 13.7. The molecule has 4 aromatic rings. The van der Waals surface area contributed by atoms with E-state index in [1.165, 1.54) is 11.7 Å². The van der Waals surface area contributed by atoms with E-state index in [-0.39, 0.29) is 5.69 Å². The number of benzene rings is 2. The number of carbonyl (C=O) groups is 1. The predicted octanol–water partition coefficient (Wildman–Crippen LogP) is 2.15. The number of aromatic nitrogens is 5. The highest BCUT2D eigenvalue weighted by atomic mass is 32.1. The summed E-state index contributed by atoms with van der Waals surface area (Å²) in [4.78, 5) is 11.3. The van der Waals surface area contributed by atoms with Crippen molar-refractivity contribution in [1.29, 1.82) is 0 Å². The molecule has 0 bridgehead atoms. The first kappa shape index (κ1) is 15.2. The fourth-order valence-electron chi connectivity index (χ4n) is 2.40. The quantitative estimate of drug-likeness (QED) is 0.568. The maximum absolute atomic E-state index is 11.3. The molecular weight excluding hydrogens is 340 g/mol. The monoisotopic (exact) mass is 352 g/mol. The van der Waals surface area contributed by atoms with E-state index in [2.05, 4.69) is 24.2 Å². The highest BCUT2D eigenvalue weighted by molar-refractivity contribution is 7.00. The van der Waals surface area contributed by atoms with Crippen molar-refractivity contribution in [3.63, 3.8) is 0 Å². The summed E-state index contributed by atoms with van der Waals surface area (Å²) in [5.41, 5.74) is 9.29. The summed E-state index contributed by atoms with van der Waals surface area (Å²) in [5, 5.41) is 10.1. The first-order valence-corrected chi connectivity index (χ1v) is 8.09. The van der Waals surface area contributed by atoms with Crippen molar-refractivity contribution >= 4 is 28.7 Å². The van der Waals surface area contributed by atoms with Crippen molar-refractivity contribution in [2.24, 2.45) is 5.73 Å². The Morgan fingerprint density at radius 2 is 1.88 bits per heavy atom. The summed E-state index contributed by atoms with van der Waals surface area (Å²) in [6.07, 6.45) is 0. The minimum atomic E-state index is -0.629. The fourth-order valence-corrected chi connectivity index (χ4v) is 2.91. The van der Waals surface area contributed by atoms with Crippen molar-refractivity contribution in [1.82, 2.24) is 24.2 Å². The van der Waals surface area contributed by atoms with Crippen molar-refractivity contribution in [3.05, 3.63) is 53.7 Å². The van der Waals surface area contributed by atoms with Crippen molar-refractivity contribution in [2.75, 3.05) is 0 Å². The molecular formula is C16H12N6O2S. The number of carbonyl (C=O) groups excluding carboxylic acids is 1. The van der Waals surface area contributed by atoms with E-state index in [1.54, 1.807) is 24.3 Å². The van der Waals surface area contributed by atoms with Gasteiger partial charge < -0.3 is 10.5 Å². The van der Waals surface area contributed by atoms with E-state index in [1.807, 2.05) is 18.2 Å². The Bertz CT molecular complexity index is 1040. The number of rotatable bonds is 5. The van der Waals surface area contributed by atoms with E-state index in [0.29, 0.717) is 18.1 Å². The molecule has 9 heteroatoms. The Hall–Kier alpha value is -3.33. The SMILES string of the molecule is NC(=O)c1n[nH]nc1-c1ccc(OCc2ccc3nsnc3c2)cc1. The van der Waals surface area contributed by atoms with Crippen LogP contribution in [0.2, 0.25) is 0 Å². The number of aromatic amines is 1. The van der Waals surface area contributed by atoms with Crippen LogP contribution in [-0.4, -0.2) is 30.1 Å². The van der Waals surface area contributed by atoms with Crippen molar-refractivity contribution in [2.45, 2.75) is 6.61 Å². The molecule has 0 fully saturated rings. The first-order valence-electron chi connectivity index (χ1n) is 7.36. The summed E-state index contributed by atoms with van der Waals surface area (Å²) in [6.45, 7) is 0.420. The van der Waals surface area contributed by atoms with Gasteiger partial charge in [-0.2, -0.15) is 24.2 Å². The number of primary amides is 1. The number of nitrogens with two attached hydrogens (primary N) is 1.